The first-order valence-corrected chi connectivity index (χ1v) is 9.91. The van der Waals surface area contributed by atoms with E-state index in [0.717, 1.165) is 30.8 Å². The molecule has 0 radical (unpaired) electrons. The van der Waals surface area contributed by atoms with Gasteiger partial charge in [-0.25, -0.2) is 0 Å². The van der Waals surface area contributed by atoms with Crippen molar-refractivity contribution in [1.29, 1.82) is 0 Å². The van der Waals surface area contributed by atoms with Crippen molar-refractivity contribution in [2.24, 2.45) is 17.8 Å². The summed E-state index contributed by atoms with van der Waals surface area (Å²) in [6.07, 6.45) is 19.2. The molecule has 124 valence electrons. The van der Waals surface area contributed by atoms with E-state index in [4.69, 9.17) is 4.74 Å². The maximum atomic E-state index is 5.92. The normalized spacial score (nSPS) is 29.4. The zero-order valence-corrected chi connectivity index (χ0v) is 14.6. The third kappa shape index (κ3) is 6.30. The summed E-state index contributed by atoms with van der Waals surface area (Å²) in [7, 11) is 0. The molecule has 0 heterocycles. The van der Waals surface area contributed by atoms with Crippen LogP contribution in [0.5, 0.6) is 0 Å². The Bertz CT molecular complexity index is 249. The van der Waals surface area contributed by atoms with Crippen LogP contribution in [0.4, 0.5) is 0 Å². The van der Waals surface area contributed by atoms with Crippen LogP contribution in [0.15, 0.2) is 0 Å². The number of rotatable bonds is 8. The van der Waals surface area contributed by atoms with Crippen molar-refractivity contribution < 1.29 is 4.74 Å². The average molecular weight is 295 g/mol. The molecule has 2 saturated carbocycles. The van der Waals surface area contributed by atoms with Gasteiger partial charge < -0.3 is 4.74 Å². The lowest BCUT2D eigenvalue weighted by molar-refractivity contribution is 0.0118. The molecule has 1 heteroatoms. The second-order valence-electron chi connectivity index (χ2n) is 7.82. The summed E-state index contributed by atoms with van der Waals surface area (Å²) in [5.41, 5.74) is 0. The number of ether oxygens (including phenoxy) is 1. The van der Waals surface area contributed by atoms with Gasteiger partial charge in [-0.2, -0.15) is 0 Å². The molecule has 2 rings (SSSR count). The standard InChI is InChI=1S/C20H38O/c1-3-16-21-20-14-12-19(13-15-20)17(2)8-7-11-18-9-5-4-6-10-18/h17-20H,3-16H2,1-2H3. The smallest absolute Gasteiger partial charge is 0.0575 e. The summed E-state index contributed by atoms with van der Waals surface area (Å²) in [6.45, 7) is 5.69. The van der Waals surface area contributed by atoms with Gasteiger partial charge in [0.2, 0.25) is 0 Å². The van der Waals surface area contributed by atoms with Crippen molar-refractivity contribution in [1.82, 2.24) is 0 Å². The van der Waals surface area contributed by atoms with E-state index in [9.17, 15) is 0 Å². The summed E-state index contributed by atoms with van der Waals surface area (Å²) >= 11 is 0. The Kier molecular flexibility index (Phi) is 8.14. The Morgan fingerprint density at radius 2 is 1.67 bits per heavy atom. The minimum Gasteiger partial charge on any atom is -0.378 e. The van der Waals surface area contributed by atoms with Crippen LogP contribution in [0.2, 0.25) is 0 Å². The van der Waals surface area contributed by atoms with Crippen molar-refractivity contribution in [3.8, 4) is 0 Å². The third-order valence-electron chi connectivity index (χ3n) is 6.08. The summed E-state index contributed by atoms with van der Waals surface area (Å²) in [6, 6.07) is 0. The fourth-order valence-corrected chi connectivity index (χ4v) is 4.55. The van der Waals surface area contributed by atoms with E-state index in [-0.39, 0.29) is 0 Å². The maximum Gasteiger partial charge on any atom is 0.0575 e. The molecule has 1 unspecified atom stereocenters. The summed E-state index contributed by atoms with van der Waals surface area (Å²) in [5, 5.41) is 0. The fraction of sp³-hybridized carbons (Fsp3) is 1.00. The topological polar surface area (TPSA) is 9.23 Å². The van der Waals surface area contributed by atoms with E-state index in [0.29, 0.717) is 6.10 Å². The molecule has 0 aromatic rings. The van der Waals surface area contributed by atoms with Gasteiger partial charge in [0.25, 0.3) is 0 Å². The van der Waals surface area contributed by atoms with Gasteiger partial charge in [-0.05, 0) is 49.9 Å². The summed E-state index contributed by atoms with van der Waals surface area (Å²) < 4.78 is 5.92. The highest BCUT2D eigenvalue weighted by molar-refractivity contribution is 4.77. The quantitative estimate of drug-likeness (QED) is 0.506. The summed E-state index contributed by atoms with van der Waals surface area (Å²) in [5.74, 6) is 3.00. The van der Waals surface area contributed by atoms with E-state index in [1.54, 1.807) is 0 Å². The molecule has 2 aliphatic rings. The van der Waals surface area contributed by atoms with Crippen LogP contribution in [-0.4, -0.2) is 12.7 Å². The van der Waals surface area contributed by atoms with Gasteiger partial charge in [0.05, 0.1) is 6.10 Å². The third-order valence-corrected chi connectivity index (χ3v) is 6.08. The van der Waals surface area contributed by atoms with E-state index < -0.39 is 0 Å². The highest BCUT2D eigenvalue weighted by Gasteiger charge is 2.25. The van der Waals surface area contributed by atoms with Gasteiger partial charge in [0.1, 0.15) is 0 Å². The Labute approximate surface area is 133 Å². The van der Waals surface area contributed by atoms with Crippen LogP contribution in [0.3, 0.4) is 0 Å². The lowest BCUT2D eigenvalue weighted by Crippen LogP contribution is -2.25. The van der Waals surface area contributed by atoms with Crippen molar-refractivity contribution in [3.63, 3.8) is 0 Å². The maximum absolute atomic E-state index is 5.92. The molecule has 2 fully saturated rings. The van der Waals surface area contributed by atoms with E-state index in [1.165, 1.54) is 77.0 Å². The molecule has 1 atom stereocenters. The average Bonchev–Trinajstić information content (AvgIpc) is 2.54. The van der Waals surface area contributed by atoms with Crippen LogP contribution < -0.4 is 0 Å². The summed E-state index contributed by atoms with van der Waals surface area (Å²) in [4.78, 5) is 0. The first-order chi connectivity index (χ1) is 10.3. The monoisotopic (exact) mass is 294 g/mol. The van der Waals surface area contributed by atoms with Crippen LogP contribution >= 0.6 is 0 Å². The molecule has 0 aromatic carbocycles. The van der Waals surface area contributed by atoms with Gasteiger partial charge in [-0.15, -0.1) is 0 Å². The van der Waals surface area contributed by atoms with Crippen LogP contribution in [0, 0.1) is 17.8 Å². The predicted octanol–water partition coefficient (Wildman–Crippen LogP) is 6.36. The molecule has 0 aromatic heterocycles. The Morgan fingerprint density at radius 1 is 0.952 bits per heavy atom. The highest BCUT2D eigenvalue weighted by Crippen LogP contribution is 2.35. The minimum atomic E-state index is 0.579. The molecule has 21 heavy (non-hydrogen) atoms. The van der Waals surface area contributed by atoms with Gasteiger partial charge in [0.15, 0.2) is 0 Å². The van der Waals surface area contributed by atoms with Crippen molar-refractivity contribution in [2.45, 2.75) is 103 Å². The second kappa shape index (κ2) is 9.87. The van der Waals surface area contributed by atoms with E-state index in [2.05, 4.69) is 13.8 Å². The Hall–Kier alpha value is -0.0400. The lowest BCUT2D eigenvalue weighted by Gasteiger charge is -2.32. The zero-order chi connectivity index (χ0) is 14.9. The number of hydrogen-bond acceptors (Lipinski definition) is 1. The van der Waals surface area contributed by atoms with Crippen molar-refractivity contribution in [2.75, 3.05) is 6.61 Å². The lowest BCUT2D eigenvalue weighted by atomic mass is 9.77. The molecule has 0 spiro atoms. The molecule has 2 aliphatic carbocycles. The first kappa shape index (κ1) is 17.3. The molecular weight excluding hydrogens is 256 g/mol. The Balaban J connectivity index is 1.55. The fourth-order valence-electron chi connectivity index (χ4n) is 4.55. The van der Waals surface area contributed by atoms with Crippen LogP contribution in [-0.2, 0) is 4.74 Å². The van der Waals surface area contributed by atoms with Gasteiger partial charge in [-0.3, -0.25) is 0 Å². The van der Waals surface area contributed by atoms with Crippen LogP contribution in [0.25, 0.3) is 0 Å². The number of hydrogen-bond donors (Lipinski definition) is 0. The molecule has 1 nitrogen and oxygen atoms in total. The van der Waals surface area contributed by atoms with Crippen molar-refractivity contribution >= 4 is 0 Å². The van der Waals surface area contributed by atoms with Crippen molar-refractivity contribution in [3.05, 3.63) is 0 Å². The molecule has 0 amide bonds. The van der Waals surface area contributed by atoms with Crippen LogP contribution in [0.1, 0.15) is 97.3 Å². The van der Waals surface area contributed by atoms with E-state index >= 15 is 0 Å². The van der Waals surface area contributed by atoms with Gasteiger partial charge in [0, 0.05) is 6.61 Å². The Morgan fingerprint density at radius 3 is 2.33 bits per heavy atom. The van der Waals surface area contributed by atoms with E-state index in [1.807, 2.05) is 0 Å². The minimum absolute atomic E-state index is 0.579. The molecule has 0 aliphatic heterocycles. The molecular formula is C20H38O. The zero-order valence-electron chi connectivity index (χ0n) is 14.6. The SMILES string of the molecule is CCCOC1CCC(C(C)CCCC2CCCCC2)CC1. The van der Waals surface area contributed by atoms with Gasteiger partial charge >= 0.3 is 0 Å². The predicted molar refractivity (Wildman–Crippen MR) is 91.6 cm³/mol. The molecule has 0 saturated heterocycles. The van der Waals surface area contributed by atoms with Gasteiger partial charge in [-0.1, -0.05) is 65.2 Å². The highest BCUT2D eigenvalue weighted by atomic mass is 16.5. The molecule has 0 N–H and O–H groups in total. The largest absolute Gasteiger partial charge is 0.378 e. The molecule has 0 bridgehead atoms. The first-order valence-electron chi connectivity index (χ1n) is 9.91. The second-order valence-corrected chi connectivity index (χ2v) is 7.82.